The summed E-state index contributed by atoms with van der Waals surface area (Å²) in [5.74, 6) is 0. The van der Waals surface area contributed by atoms with Crippen LogP contribution in [0.1, 0.15) is 37.8 Å². The maximum atomic E-state index is 9.12. The molecule has 1 aliphatic carbocycles. The minimum absolute atomic E-state index is 0.262. The minimum Gasteiger partial charge on any atom is -0.396 e. The van der Waals surface area contributed by atoms with Crippen LogP contribution in [0.4, 0.5) is 0 Å². The Balaban J connectivity index is 1.65. The predicted octanol–water partition coefficient (Wildman–Crippen LogP) is 1.48. The van der Waals surface area contributed by atoms with Crippen molar-refractivity contribution in [3.05, 3.63) is 36.2 Å². The highest BCUT2D eigenvalue weighted by molar-refractivity contribution is 5.35. The highest BCUT2D eigenvalue weighted by atomic mass is 16.3. The fourth-order valence-corrected chi connectivity index (χ4v) is 2.63. The molecule has 1 heterocycles. The van der Waals surface area contributed by atoms with Gasteiger partial charge in [-0.1, -0.05) is 12.1 Å². The fraction of sp³-hybridized carbons (Fsp3) is 0.533. The fourth-order valence-electron chi connectivity index (χ4n) is 2.63. The Morgan fingerprint density at radius 1 is 1.43 bits per heavy atom. The van der Waals surface area contributed by atoms with Gasteiger partial charge < -0.3 is 10.4 Å². The SMILES string of the molecule is CC(NCC1(CCO)CC1)c1cccc(-n2cnnn2)c1. The Hall–Kier alpha value is -1.79. The van der Waals surface area contributed by atoms with E-state index in [1.54, 1.807) is 11.0 Å². The van der Waals surface area contributed by atoms with Gasteiger partial charge >= 0.3 is 0 Å². The molecule has 21 heavy (non-hydrogen) atoms. The van der Waals surface area contributed by atoms with Gasteiger partial charge in [-0.15, -0.1) is 5.10 Å². The Morgan fingerprint density at radius 2 is 2.29 bits per heavy atom. The van der Waals surface area contributed by atoms with E-state index in [1.165, 1.54) is 18.4 Å². The molecule has 1 atom stereocenters. The molecule has 3 rings (SSSR count). The van der Waals surface area contributed by atoms with E-state index >= 15 is 0 Å². The van der Waals surface area contributed by atoms with Gasteiger partial charge in [0.25, 0.3) is 0 Å². The van der Waals surface area contributed by atoms with Gasteiger partial charge in [-0.05, 0) is 59.7 Å². The van der Waals surface area contributed by atoms with E-state index in [9.17, 15) is 0 Å². The first-order valence-corrected chi connectivity index (χ1v) is 7.40. The van der Waals surface area contributed by atoms with Gasteiger partial charge in [0, 0.05) is 19.2 Å². The molecule has 1 fully saturated rings. The van der Waals surface area contributed by atoms with Gasteiger partial charge in [-0.25, -0.2) is 4.68 Å². The number of nitrogens with one attached hydrogen (secondary N) is 1. The first-order chi connectivity index (χ1) is 10.2. The molecule has 2 N–H and O–H groups in total. The van der Waals surface area contributed by atoms with Crippen LogP contribution in [0.3, 0.4) is 0 Å². The normalized spacial score (nSPS) is 17.6. The Labute approximate surface area is 124 Å². The van der Waals surface area contributed by atoms with E-state index < -0.39 is 0 Å². The third-order valence-electron chi connectivity index (χ3n) is 4.37. The molecular formula is C15H21N5O. The number of aromatic nitrogens is 4. The molecule has 1 unspecified atom stereocenters. The molecule has 0 bridgehead atoms. The van der Waals surface area contributed by atoms with Crippen molar-refractivity contribution < 1.29 is 5.11 Å². The van der Waals surface area contributed by atoms with Crippen molar-refractivity contribution in [2.45, 2.75) is 32.2 Å². The van der Waals surface area contributed by atoms with E-state index in [2.05, 4.69) is 39.9 Å². The molecule has 0 spiro atoms. The quantitative estimate of drug-likeness (QED) is 0.806. The highest BCUT2D eigenvalue weighted by Crippen LogP contribution is 2.48. The lowest BCUT2D eigenvalue weighted by Gasteiger charge is -2.20. The zero-order chi connectivity index (χ0) is 14.7. The second kappa shape index (κ2) is 5.91. The molecule has 6 heteroatoms. The van der Waals surface area contributed by atoms with Crippen LogP contribution in [0.2, 0.25) is 0 Å². The molecule has 1 aromatic carbocycles. The predicted molar refractivity (Wildman–Crippen MR) is 78.9 cm³/mol. The van der Waals surface area contributed by atoms with Crippen LogP contribution in [-0.2, 0) is 0 Å². The van der Waals surface area contributed by atoms with Crippen LogP contribution in [-0.4, -0.2) is 38.5 Å². The standard InChI is InChI=1S/C15H21N5O/c1-12(16-10-15(5-6-15)7-8-21)13-3-2-4-14(9-13)20-11-17-18-19-20/h2-4,9,11-12,16,21H,5-8,10H2,1H3. The summed E-state index contributed by atoms with van der Waals surface area (Å²) in [5, 5.41) is 23.9. The van der Waals surface area contributed by atoms with Crippen LogP contribution in [0.15, 0.2) is 30.6 Å². The minimum atomic E-state index is 0.262. The Kier molecular flexibility index (Phi) is 3.98. The Morgan fingerprint density at radius 3 is 2.95 bits per heavy atom. The van der Waals surface area contributed by atoms with Crippen molar-refractivity contribution in [1.29, 1.82) is 0 Å². The third-order valence-corrected chi connectivity index (χ3v) is 4.37. The maximum Gasteiger partial charge on any atom is 0.143 e. The lowest BCUT2D eigenvalue weighted by atomic mass is 10.0. The molecule has 1 saturated carbocycles. The lowest BCUT2D eigenvalue weighted by Crippen LogP contribution is -2.27. The van der Waals surface area contributed by atoms with Gasteiger partial charge in [-0.2, -0.15) is 0 Å². The van der Waals surface area contributed by atoms with Gasteiger partial charge in [-0.3, -0.25) is 0 Å². The van der Waals surface area contributed by atoms with Crippen LogP contribution in [0, 0.1) is 5.41 Å². The molecule has 1 aliphatic rings. The number of aliphatic hydroxyl groups excluding tert-OH is 1. The topological polar surface area (TPSA) is 75.9 Å². The van der Waals surface area contributed by atoms with E-state index in [1.807, 2.05) is 12.1 Å². The summed E-state index contributed by atoms with van der Waals surface area (Å²) < 4.78 is 1.66. The molecular weight excluding hydrogens is 266 g/mol. The molecule has 2 aromatic rings. The first kappa shape index (κ1) is 14.2. The number of rotatable bonds is 7. The van der Waals surface area contributed by atoms with E-state index in [-0.39, 0.29) is 12.6 Å². The van der Waals surface area contributed by atoms with Crippen molar-refractivity contribution >= 4 is 0 Å². The summed E-state index contributed by atoms with van der Waals surface area (Å²) in [5.41, 5.74) is 2.50. The highest BCUT2D eigenvalue weighted by Gasteiger charge is 2.41. The second-order valence-electron chi connectivity index (χ2n) is 5.93. The average Bonchev–Trinajstić information content (AvgIpc) is 3.06. The number of aliphatic hydroxyl groups is 1. The smallest absolute Gasteiger partial charge is 0.143 e. The molecule has 112 valence electrons. The zero-order valence-electron chi connectivity index (χ0n) is 12.2. The Bertz CT molecular complexity index is 580. The molecule has 0 aliphatic heterocycles. The third kappa shape index (κ3) is 3.28. The van der Waals surface area contributed by atoms with Crippen LogP contribution in [0.25, 0.3) is 5.69 Å². The van der Waals surface area contributed by atoms with Crippen molar-refractivity contribution in [1.82, 2.24) is 25.5 Å². The summed E-state index contributed by atoms with van der Waals surface area (Å²) in [6.45, 7) is 3.41. The summed E-state index contributed by atoms with van der Waals surface area (Å²) >= 11 is 0. The van der Waals surface area contributed by atoms with E-state index in [0.29, 0.717) is 5.41 Å². The summed E-state index contributed by atoms with van der Waals surface area (Å²) in [4.78, 5) is 0. The van der Waals surface area contributed by atoms with Gasteiger partial charge in [0.15, 0.2) is 0 Å². The number of tetrazole rings is 1. The molecule has 0 amide bonds. The summed E-state index contributed by atoms with van der Waals surface area (Å²) in [6.07, 6.45) is 4.94. The van der Waals surface area contributed by atoms with Gasteiger partial charge in [0.1, 0.15) is 6.33 Å². The van der Waals surface area contributed by atoms with Crippen molar-refractivity contribution in [2.24, 2.45) is 5.41 Å². The van der Waals surface area contributed by atoms with E-state index in [0.717, 1.165) is 18.7 Å². The first-order valence-electron chi connectivity index (χ1n) is 7.40. The largest absolute Gasteiger partial charge is 0.396 e. The van der Waals surface area contributed by atoms with Crippen molar-refractivity contribution in [2.75, 3.05) is 13.2 Å². The number of benzene rings is 1. The average molecular weight is 287 g/mol. The monoisotopic (exact) mass is 287 g/mol. The molecule has 6 nitrogen and oxygen atoms in total. The lowest BCUT2D eigenvalue weighted by molar-refractivity contribution is 0.243. The van der Waals surface area contributed by atoms with Crippen LogP contribution in [0.5, 0.6) is 0 Å². The number of nitrogens with zero attached hydrogens (tertiary/aromatic N) is 4. The van der Waals surface area contributed by atoms with Crippen molar-refractivity contribution in [3.8, 4) is 5.69 Å². The zero-order valence-corrected chi connectivity index (χ0v) is 12.2. The van der Waals surface area contributed by atoms with E-state index in [4.69, 9.17) is 5.11 Å². The molecule has 1 aromatic heterocycles. The van der Waals surface area contributed by atoms with Gasteiger partial charge in [0.2, 0.25) is 0 Å². The molecule has 0 radical (unpaired) electrons. The van der Waals surface area contributed by atoms with Crippen LogP contribution < -0.4 is 5.32 Å². The van der Waals surface area contributed by atoms with Crippen LogP contribution >= 0.6 is 0 Å². The number of hydrogen-bond donors (Lipinski definition) is 2. The maximum absolute atomic E-state index is 9.12. The van der Waals surface area contributed by atoms with Gasteiger partial charge in [0.05, 0.1) is 5.69 Å². The summed E-state index contributed by atoms with van der Waals surface area (Å²) in [6, 6.07) is 8.47. The molecule has 0 saturated heterocycles. The van der Waals surface area contributed by atoms with Crippen molar-refractivity contribution in [3.63, 3.8) is 0 Å². The summed E-state index contributed by atoms with van der Waals surface area (Å²) in [7, 11) is 0. The second-order valence-corrected chi connectivity index (χ2v) is 5.93. The number of hydrogen-bond acceptors (Lipinski definition) is 5.